The van der Waals surface area contributed by atoms with Gasteiger partial charge < -0.3 is 9.47 Å². The summed E-state index contributed by atoms with van der Waals surface area (Å²) in [5, 5.41) is 0. The molecule has 0 amide bonds. The van der Waals surface area contributed by atoms with Crippen molar-refractivity contribution in [1.29, 1.82) is 0 Å². The fourth-order valence-electron chi connectivity index (χ4n) is 2.36. The summed E-state index contributed by atoms with van der Waals surface area (Å²) in [5.41, 5.74) is 1.47. The minimum Gasteiger partial charge on any atom is -0.491 e. The summed E-state index contributed by atoms with van der Waals surface area (Å²) < 4.78 is 10.6. The van der Waals surface area contributed by atoms with Crippen LogP contribution in [-0.4, -0.2) is 23.8 Å². The molecule has 1 heterocycles. The number of ether oxygens (including phenoxy) is 2. The molecule has 0 atom stereocenters. The molecule has 0 N–H and O–H groups in total. The molecule has 0 fully saturated rings. The summed E-state index contributed by atoms with van der Waals surface area (Å²) in [5.74, 6) is -0.0922. The summed E-state index contributed by atoms with van der Waals surface area (Å²) in [4.78, 5) is 28.6. The Labute approximate surface area is 156 Å². The monoisotopic (exact) mass is 359 g/mol. The van der Waals surface area contributed by atoms with Crippen molar-refractivity contribution in [2.75, 3.05) is 7.11 Å². The van der Waals surface area contributed by atoms with Gasteiger partial charge in [-0.2, -0.15) is 0 Å². The van der Waals surface area contributed by atoms with E-state index in [2.05, 4.69) is 4.98 Å². The molecule has 134 valence electrons. The van der Waals surface area contributed by atoms with Gasteiger partial charge in [0.1, 0.15) is 0 Å². The number of carbonyl (C=O) groups excluding carboxylic acids is 2. The first-order chi connectivity index (χ1) is 13.2. The molecule has 0 saturated heterocycles. The second-order valence-electron chi connectivity index (χ2n) is 5.58. The number of methoxy groups -OCH3 is 1. The molecule has 0 aliphatic carbocycles. The van der Waals surface area contributed by atoms with Gasteiger partial charge in [-0.25, -0.2) is 4.79 Å². The number of carbonyl (C=O) groups is 2. The van der Waals surface area contributed by atoms with Gasteiger partial charge in [0.05, 0.1) is 24.6 Å². The van der Waals surface area contributed by atoms with Crippen molar-refractivity contribution >= 4 is 17.8 Å². The van der Waals surface area contributed by atoms with E-state index in [4.69, 9.17) is 9.47 Å². The van der Waals surface area contributed by atoms with E-state index in [1.807, 2.05) is 12.1 Å². The van der Waals surface area contributed by atoms with Crippen LogP contribution in [0.2, 0.25) is 0 Å². The SMILES string of the molecule is COc1cnc(/C=C/C(=O)c2ccccc2)cc1OC(=O)c1ccccc1. The van der Waals surface area contributed by atoms with Gasteiger partial charge in [-0.15, -0.1) is 0 Å². The number of hydrogen-bond donors (Lipinski definition) is 0. The third-order valence-corrected chi connectivity index (χ3v) is 3.75. The van der Waals surface area contributed by atoms with Crippen LogP contribution in [0.15, 0.2) is 79.0 Å². The number of hydrogen-bond acceptors (Lipinski definition) is 5. The molecule has 3 rings (SSSR count). The lowest BCUT2D eigenvalue weighted by atomic mass is 10.1. The molecular formula is C22H17NO4. The molecule has 5 nitrogen and oxygen atoms in total. The first-order valence-electron chi connectivity index (χ1n) is 8.26. The first-order valence-corrected chi connectivity index (χ1v) is 8.26. The average Bonchev–Trinajstić information content (AvgIpc) is 2.73. The highest BCUT2D eigenvalue weighted by molar-refractivity contribution is 6.06. The predicted octanol–water partition coefficient (Wildman–Crippen LogP) is 4.21. The molecule has 0 radical (unpaired) electrons. The van der Waals surface area contributed by atoms with E-state index in [9.17, 15) is 9.59 Å². The molecule has 0 saturated carbocycles. The Bertz CT molecular complexity index is 966. The molecule has 0 aliphatic heterocycles. The molecule has 0 spiro atoms. The maximum atomic E-state index is 12.3. The van der Waals surface area contributed by atoms with Crippen LogP contribution in [0.1, 0.15) is 26.4 Å². The van der Waals surface area contributed by atoms with E-state index in [1.165, 1.54) is 19.4 Å². The van der Waals surface area contributed by atoms with Gasteiger partial charge in [-0.05, 0) is 24.3 Å². The zero-order chi connectivity index (χ0) is 19.1. The molecule has 27 heavy (non-hydrogen) atoms. The number of benzene rings is 2. The van der Waals surface area contributed by atoms with Gasteiger partial charge in [0.15, 0.2) is 17.3 Å². The summed E-state index contributed by atoms with van der Waals surface area (Å²) >= 11 is 0. The number of ketones is 1. The smallest absolute Gasteiger partial charge is 0.343 e. The number of rotatable bonds is 6. The highest BCUT2D eigenvalue weighted by Crippen LogP contribution is 2.27. The molecule has 0 bridgehead atoms. The summed E-state index contributed by atoms with van der Waals surface area (Å²) in [6.45, 7) is 0. The highest BCUT2D eigenvalue weighted by atomic mass is 16.6. The molecule has 0 unspecified atom stereocenters. The van der Waals surface area contributed by atoms with E-state index in [0.717, 1.165) is 0 Å². The van der Waals surface area contributed by atoms with Gasteiger partial charge in [-0.3, -0.25) is 9.78 Å². The zero-order valence-electron chi connectivity index (χ0n) is 14.7. The Balaban J connectivity index is 1.80. The fraction of sp³-hybridized carbons (Fsp3) is 0.0455. The van der Waals surface area contributed by atoms with E-state index >= 15 is 0 Å². The molecule has 0 aliphatic rings. The van der Waals surface area contributed by atoms with E-state index in [-0.39, 0.29) is 11.5 Å². The predicted molar refractivity (Wildman–Crippen MR) is 102 cm³/mol. The highest BCUT2D eigenvalue weighted by Gasteiger charge is 2.13. The van der Waals surface area contributed by atoms with Crippen molar-refractivity contribution < 1.29 is 19.1 Å². The van der Waals surface area contributed by atoms with Gasteiger partial charge in [0.25, 0.3) is 0 Å². The van der Waals surface area contributed by atoms with Crippen molar-refractivity contribution in [1.82, 2.24) is 4.98 Å². The second-order valence-corrected chi connectivity index (χ2v) is 5.58. The van der Waals surface area contributed by atoms with Crippen LogP contribution in [0.3, 0.4) is 0 Å². The number of nitrogens with zero attached hydrogens (tertiary/aromatic N) is 1. The molecule has 5 heteroatoms. The Morgan fingerprint density at radius 1 is 0.889 bits per heavy atom. The number of pyridine rings is 1. The Morgan fingerprint density at radius 2 is 1.52 bits per heavy atom. The van der Waals surface area contributed by atoms with Crippen LogP contribution >= 0.6 is 0 Å². The minimum absolute atomic E-state index is 0.143. The van der Waals surface area contributed by atoms with Crippen LogP contribution in [0.25, 0.3) is 6.08 Å². The summed E-state index contributed by atoms with van der Waals surface area (Å²) in [7, 11) is 1.46. The van der Waals surface area contributed by atoms with E-state index in [1.54, 1.807) is 60.7 Å². The molecular weight excluding hydrogens is 342 g/mol. The van der Waals surface area contributed by atoms with Crippen molar-refractivity contribution in [3.05, 3.63) is 95.8 Å². The normalized spacial score (nSPS) is 10.6. The standard InChI is InChI=1S/C22H17NO4/c1-26-21-15-23-18(12-13-19(24)16-8-4-2-5-9-16)14-20(21)27-22(25)17-10-6-3-7-11-17/h2-15H,1H3/b13-12+. The van der Waals surface area contributed by atoms with Crippen LogP contribution in [-0.2, 0) is 0 Å². The lowest BCUT2D eigenvalue weighted by Crippen LogP contribution is -2.09. The van der Waals surface area contributed by atoms with Gasteiger partial charge in [0, 0.05) is 11.6 Å². The maximum absolute atomic E-state index is 12.3. The van der Waals surface area contributed by atoms with E-state index in [0.29, 0.717) is 22.6 Å². The van der Waals surface area contributed by atoms with Crippen LogP contribution in [0, 0.1) is 0 Å². The third-order valence-electron chi connectivity index (χ3n) is 3.75. The lowest BCUT2D eigenvalue weighted by Gasteiger charge is -2.09. The molecule has 1 aromatic heterocycles. The Morgan fingerprint density at radius 3 is 2.15 bits per heavy atom. The second kappa shape index (κ2) is 8.58. The summed E-state index contributed by atoms with van der Waals surface area (Å²) in [6, 6.07) is 19.1. The largest absolute Gasteiger partial charge is 0.491 e. The lowest BCUT2D eigenvalue weighted by molar-refractivity contribution is 0.0729. The van der Waals surface area contributed by atoms with Gasteiger partial charge >= 0.3 is 5.97 Å². The van der Waals surface area contributed by atoms with Gasteiger partial charge in [-0.1, -0.05) is 48.5 Å². The fourth-order valence-corrected chi connectivity index (χ4v) is 2.36. The topological polar surface area (TPSA) is 65.5 Å². The molecule has 3 aromatic rings. The number of aromatic nitrogens is 1. The summed E-state index contributed by atoms with van der Waals surface area (Å²) in [6.07, 6.45) is 4.43. The van der Waals surface area contributed by atoms with Crippen molar-refractivity contribution in [3.63, 3.8) is 0 Å². The maximum Gasteiger partial charge on any atom is 0.343 e. The number of allylic oxidation sites excluding steroid dienone is 1. The van der Waals surface area contributed by atoms with Crippen molar-refractivity contribution in [3.8, 4) is 11.5 Å². The van der Waals surface area contributed by atoms with Crippen molar-refractivity contribution in [2.24, 2.45) is 0 Å². The quantitative estimate of drug-likeness (QED) is 0.375. The zero-order valence-corrected chi connectivity index (χ0v) is 14.7. The van der Waals surface area contributed by atoms with Crippen LogP contribution in [0.5, 0.6) is 11.5 Å². The van der Waals surface area contributed by atoms with Gasteiger partial charge in [0.2, 0.25) is 0 Å². The van der Waals surface area contributed by atoms with Crippen molar-refractivity contribution in [2.45, 2.75) is 0 Å². The Hall–Kier alpha value is -3.73. The first kappa shape index (κ1) is 18.1. The Kier molecular flexibility index (Phi) is 5.74. The van der Waals surface area contributed by atoms with Crippen LogP contribution < -0.4 is 9.47 Å². The minimum atomic E-state index is -0.504. The molecule has 2 aromatic carbocycles. The van der Waals surface area contributed by atoms with E-state index < -0.39 is 5.97 Å². The number of esters is 1. The average molecular weight is 359 g/mol. The van der Waals surface area contributed by atoms with Crippen LogP contribution in [0.4, 0.5) is 0 Å². The third kappa shape index (κ3) is 4.67.